The van der Waals surface area contributed by atoms with Gasteiger partial charge in [0.1, 0.15) is 5.75 Å². The van der Waals surface area contributed by atoms with Crippen molar-refractivity contribution in [3.63, 3.8) is 0 Å². The molecule has 0 heterocycles. The third-order valence-corrected chi connectivity index (χ3v) is 4.88. The van der Waals surface area contributed by atoms with Gasteiger partial charge in [-0.25, -0.2) is 0 Å². The van der Waals surface area contributed by atoms with Gasteiger partial charge in [0, 0.05) is 12.6 Å². The van der Waals surface area contributed by atoms with E-state index in [9.17, 15) is 0 Å². The third kappa shape index (κ3) is 2.94. The molecule has 0 aromatic heterocycles. The van der Waals surface area contributed by atoms with E-state index in [1.165, 1.54) is 44.2 Å². The second-order valence-corrected chi connectivity index (χ2v) is 6.63. The molecule has 3 rings (SSSR count). The molecule has 104 valence electrons. The van der Waals surface area contributed by atoms with Crippen molar-refractivity contribution in [2.24, 2.45) is 11.3 Å². The van der Waals surface area contributed by atoms with Crippen LogP contribution in [0.15, 0.2) is 24.3 Å². The molecule has 0 aliphatic heterocycles. The number of ether oxygens (including phenoxy) is 1. The molecule has 2 saturated carbocycles. The highest BCUT2D eigenvalue weighted by atomic mass is 16.5. The van der Waals surface area contributed by atoms with E-state index in [1.54, 1.807) is 7.11 Å². The molecule has 2 aliphatic carbocycles. The van der Waals surface area contributed by atoms with E-state index in [0.717, 1.165) is 11.7 Å². The molecule has 1 N–H and O–H groups in total. The maximum Gasteiger partial charge on any atom is 0.118 e. The number of benzene rings is 1. The fraction of sp³-hybridized carbons (Fsp3) is 0.647. The lowest BCUT2D eigenvalue weighted by molar-refractivity contribution is 0.148. The molecule has 0 bridgehead atoms. The SMILES string of the molecule is COc1ccc(C(NCC2(C)CCC2)C2CC2)cc1. The minimum Gasteiger partial charge on any atom is -0.497 e. The van der Waals surface area contributed by atoms with Gasteiger partial charge in [0.2, 0.25) is 0 Å². The predicted molar refractivity (Wildman–Crippen MR) is 78.4 cm³/mol. The van der Waals surface area contributed by atoms with Crippen LogP contribution in [0.5, 0.6) is 5.75 Å². The number of hydrogen-bond donors (Lipinski definition) is 1. The highest BCUT2D eigenvalue weighted by Crippen LogP contribution is 2.44. The fourth-order valence-electron chi connectivity index (χ4n) is 3.11. The summed E-state index contributed by atoms with van der Waals surface area (Å²) in [5.41, 5.74) is 1.98. The van der Waals surface area contributed by atoms with Crippen LogP contribution in [-0.4, -0.2) is 13.7 Å². The Bertz CT molecular complexity index is 417. The van der Waals surface area contributed by atoms with Gasteiger partial charge < -0.3 is 10.1 Å². The normalized spacial score (nSPS) is 22.6. The molecule has 19 heavy (non-hydrogen) atoms. The van der Waals surface area contributed by atoms with Crippen molar-refractivity contribution in [2.75, 3.05) is 13.7 Å². The Morgan fingerprint density at radius 1 is 1.26 bits per heavy atom. The summed E-state index contributed by atoms with van der Waals surface area (Å²) in [6.07, 6.45) is 6.94. The maximum absolute atomic E-state index is 5.25. The predicted octanol–water partition coefficient (Wildman–Crippen LogP) is 3.93. The first-order valence-corrected chi connectivity index (χ1v) is 7.58. The number of hydrogen-bond acceptors (Lipinski definition) is 2. The first kappa shape index (κ1) is 13.0. The van der Waals surface area contributed by atoms with E-state index in [-0.39, 0.29) is 0 Å². The highest BCUT2D eigenvalue weighted by Gasteiger charge is 2.36. The van der Waals surface area contributed by atoms with Crippen molar-refractivity contribution >= 4 is 0 Å². The van der Waals surface area contributed by atoms with Crippen molar-refractivity contribution in [1.82, 2.24) is 5.32 Å². The molecule has 0 saturated heterocycles. The van der Waals surface area contributed by atoms with Crippen LogP contribution < -0.4 is 10.1 Å². The zero-order valence-electron chi connectivity index (χ0n) is 12.1. The summed E-state index contributed by atoms with van der Waals surface area (Å²) >= 11 is 0. The average Bonchev–Trinajstić information content (AvgIpc) is 3.22. The van der Waals surface area contributed by atoms with E-state index in [1.807, 2.05) is 0 Å². The summed E-state index contributed by atoms with van der Waals surface area (Å²) in [5.74, 6) is 1.79. The van der Waals surface area contributed by atoms with Gasteiger partial charge in [0.05, 0.1) is 7.11 Å². The first-order chi connectivity index (χ1) is 9.20. The van der Waals surface area contributed by atoms with Gasteiger partial charge in [0.25, 0.3) is 0 Å². The summed E-state index contributed by atoms with van der Waals surface area (Å²) in [5, 5.41) is 3.84. The summed E-state index contributed by atoms with van der Waals surface area (Å²) < 4.78 is 5.25. The Kier molecular flexibility index (Phi) is 3.53. The molecular formula is C17H25NO. The first-order valence-electron chi connectivity index (χ1n) is 7.58. The molecule has 1 aromatic rings. The Labute approximate surface area is 116 Å². The van der Waals surface area contributed by atoms with Crippen LogP contribution in [0.3, 0.4) is 0 Å². The van der Waals surface area contributed by atoms with E-state index in [4.69, 9.17) is 4.74 Å². The highest BCUT2D eigenvalue weighted by molar-refractivity contribution is 5.30. The van der Waals surface area contributed by atoms with Crippen LogP contribution in [0.4, 0.5) is 0 Å². The zero-order valence-corrected chi connectivity index (χ0v) is 12.1. The standard InChI is InChI=1S/C17H25NO/c1-17(10-3-11-17)12-18-16(13-4-5-13)14-6-8-15(19-2)9-7-14/h6-9,13,16,18H,3-5,10-12H2,1-2H3. The summed E-state index contributed by atoms with van der Waals surface area (Å²) in [6, 6.07) is 9.15. The van der Waals surface area contributed by atoms with Crippen LogP contribution in [0.1, 0.15) is 50.6 Å². The molecule has 1 unspecified atom stereocenters. The van der Waals surface area contributed by atoms with Gasteiger partial charge in [-0.3, -0.25) is 0 Å². The number of rotatable bonds is 6. The van der Waals surface area contributed by atoms with E-state index >= 15 is 0 Å². The smallest absolute Gasteiger partial charge is 0.118 e. The van der Waals surface area contributed by atoms with Gasteiger partial charge in [-0.2, -0.15) is 0 Å². The second kappa shape index (κ2) is 5.16. The minimum atomic E-state index is 0.545. The lowest BCUT2D eigenvalue weighted by Crippen LogP contribution is -2.39. The molecular weight excluding hydrogens is 234 g/mol. The van der Waals surface area contributed by atoms with Crippen LogP contribution in [0.2, 0.25) is 0 Å². The van der Waals surface area contributed by atoms with E-state index in [0.29, 0.717) is 11.5 Å². The Morgan fingerprint density at radius 3 is 2.42 bits per heavy atom. The largest absolute Gasteiger partial charge is 0.497 e. The fourth-order valence-corrected chi connectivity index (χ4v) is 3.11. The topological polar surface area (TPSA) is 21.3 Å². The molecule has 2 heteroatoms. The maximum atomic E-state index is 5.25. The Balaban J connectivity index is 1.65. The van der Waals surface area contributed by atoms with Crippen LogP contribution >= 0.6 is 0 Å². The van der Waals surface area contributed by atoms with Crippen LogP contribution in [0.25, 0.3) is 0 Å². The zero-order chi connectivity index (χ0) is 13.3. The summed E-state index contributed by atoms with van der Waals surface area (Å²) in [7, 11) is 1.73. The van der Waals surface area contributed by atoms with Crippen molar-refractivity contribution in [1.29, 1.82) is 0 Å². The average molecular weight is 259 g/mol. The molecule has 0 spiro atoms. The molecule has 2 nitrogen and oxygen atoms in total. The van der Waals surface area contributed by atoms with Crippen molar-refractivity contribution in [3.05, 3.63) is 29.8 Å². The molecule has 2 fully saturated rings. The van der Waals surface area contributed by atoms with E-state index in [2.05, 4.69) is 36.5 Å². The van der Waals surface area contributed by atoms with Gasteiger partial charge in [-0.05, 0) is 54.7 Å². The van der Waals surface area contributed by atoms with Gasteiger partial charge >= 0.3 is 0 Å². The summed E-state index contributed by atoms with van der Waals surface area (Å²) in [4.78, 5) is 0. The van der Waals surface area contributed by atoms with Gasteiger partial charge in [0.15, 0.2) is 0 Å². The van der Waals surface area contributed by atoms with E-state index < -0.39 is 0 Å². The second-order valence-electron chi connectivity index (χ2n) is 6.63. The third-order valence-electron chi connectivity index (χ3n) is 4.88. The number of methoxy groups -OCH3 is 1. The molecule has 1 atom stereocenters. The molecule has 0 radical (unpaired) electrons. The van der Waals surface area contributed by atoms with Gasteiger partial charge in [-0.15, -0.1) is 0 Å². The lowest BCUT2D eigenvalue weighted by Gasteiger charge is -2.40. The van der Waals surface area contributed by atoms with Crippen LogP contribution in [0, 0.1) is 11.3 Å². The summed E-state index contributed by atoms with van der Waals surface area (Å²) in [6.45, 7) is 3.58. The van der Waals surface area contributed by atoms with Crippen molar-refractivity contribution < 1.29 is 4.74 Å². The monoisotopic (exact) mass is 259 g/mol. The van der Waals surface area contributed by atoms with Crippen molar-refractivity contribution in [2.45, 2.75) is 45.1 Å². The van der Waals surface area contributed by atoms with Gasteiger partial charge in [-0.1, -0.05) is 25.5 Å². The molecule has 0 amide bonds. The van der Waals surface area contributed by atoms with Crippen LogP contribution in [-0.2, 0) is 0 Å². The Hall–Kier alpha value is -1.02. The Morgan fingerprint density at radius 2 is 1.95 bits per heavy atom. The quantitative estimate of drug-likeness (QED) is 0.836. The molecule has 2 aliphatic rings. The lowest BCUT2D eigenvalue weighted by atomic mass is 9.70. The van der Waals surface area contributed by atoms with Crippen molar-refractivity contribution in [3.8, 4) is 5.75 Å². The molecule has 1 aromatic carbocycles. The number of nitrogens with one attached hydrogen (secondary N) is 1. The minimum absolute atomic E-state index is 0.545.